The zero-order chi connectivity index (χ0) is 15.3. The van der Waals surface area contributed by atoms with Crippen molar-refractivity contribution in [3.63, 3.8) is 0 Å². The summed E-state index contributed by atoms with van der Waals surface area (Å²) in [4.78, 5) is 12.8. The van der Waals surface area contributed by atoms with Crippen molar-refractivity contribution in [1.82, 2.24) is 10.6 Å². The summed E-state index contributed by atoms with van der Waals surface area (Å²) in [5, 5.41) is 6.46. The van der Waals surface area contributed by atoms with Gasteiger partial charge >= 0.3 is 0 Å². The quantitative estimate of drug-likeness (QED) is 0.811. The largest absolute Gasteiger partial charge is 0.384 e. The predicted octanol–water partition coefficient (Wildman–Crippen LogP) is 3.06. The highest BCUT2D eigenvalue weighted by molar-refractivity contribution is 9.10. The first-order valence-corrected chi connectivity index (χ1v) is 8.13. The molecular formula is C16H24BrClN2O2. The molecule has 4 nitrogen and oxygen atoms in total. The number of methoxy groups -OCH3 is 1. The van der Waals surface area contributed by atoms with Gasteiger partial charge in [-0.1, -0.05) is 34.1 Å². The van der Waals surface area contributed by atoms with Crippen LogP contribution in [-0.2, 0) is 9.53 Å². The highest BCUT2D eigenvalue weighted by Gasteiger charge is 2.40. The van der Waals surface area contributed by atoms with Crippen molar-refractivity contribution in [2.75, 3.05) is 26.8 Å². The summed E-state index contributed by atoms with van der Waals surface area (Å²) in [6, 6.07) is 7.95. The van der Waals surface area contributed by atoms with Gasteiger partial charge in [0.1, 0.15) is 0 Å². The molecule has 0 bridgehead atoms. The normalized spacial score (nSPS) is 18.1. The third-order valence-electron chi connectivity index (χ3n) is 4.18. The van der Waals surface area contributed by atoms with Crippen LogP contribution in [0.5, 0.6) is 0 Å². The van der Waals surface area contributed by atoms with Crippen molar-refractivity contribution in [1.29, 1.82) is 0 Å². The number of rotatable bonds is 5. The monoisotopic (exact) mass is 390 g/mol. The minimum Gasteiger partial charge on any atom is -0.384 e. The molecule has 1 saturated heterocycles. The van der Waals surface area contributed by atoms with Crippen LogP contribution in [0.4, 0.5) is 0 Å². The van der Waals surface area contributed by atoms with E-state index in [4.69, 9.17) is 4.74 Å². The number of piperidine rings is 1. The Hall–Kier alpha value is -0.620. The Morgan fingerprint density at radius 2 is 2.05 bits per heavy atom. The molecule has 1 atom stereocenters. The standard InChI is InChI=1S/C16H23BrN2O2.ClH/c1-12(13-5-3-4-6-14(13)17)19-15(20)16(11-21-2)7-9-18-10-8-16;/h3-6,12,18H,7-11H2,1-2H3,(H,19,20);1H. The number of nitrogens with one attached hydrogen (secondary N) is 2. The summed E-state index contributed by atoms with van der Waals surface area (Å²) >= 11 is 3.54. The zero-order valence-electron chi connectivity index (χ0n) is 13.0. The fourth-order valence-electron chi connectivity index (χ4n) is 2.87. The molecular weight excluding hydrogens is 368 g/mol. The number of benzene rings is 1. The van der Waals surface area contributed by atoms with E-state index < -0.39 is 5.41 Å². The van der Waals surface area contributed by atoms with Gasteiger partial charge in [0.05, 0.1) is 18.1 Å². The highest BCUT2D eigenvalue weighted by Crippen LogP contribution is 2.31. The first kappa shape index (κ1) is 19.4. The molecule has 1 aliphatic heterocycles. The van der Waals surface area contributed by atoms with Crippen LogP contribution in [0.1, 0.15) is 31.4 Å². The number of carbonyl (C=O) groups excluding carboxylic acids is 1. The lowest BCUT2D eigenvalue weighted by atomic mass is 9.78. The van der Waals surface area contributed by atoms with Crippen molar-refractivity contribution in [2.24, 2.45) is 5.41 Å². The number of hydrogen-bond donors (Lipinski definition) is 2. The van der Waals surface area contributed by atoms with Crippen molar-refractivity contribution in [3.05, 3.63) is 34.3 Å². The second kappa shape index (κ2) is 8.87. The van der Waals surface area contributed by atoms with E-state index in [9.17, 15) is 4.79 Å². The van der Waals surface area contributed by atoms with E-state index >= 15 is 0 Å². The maximum atomic E-state index is 12.8. The van der Waals surface area contributed by atoms with Gasteiger partial charge in [0.15, 0.2) is 0 Å². The maximum absolute atomic E-state index is 12.8. The number of carbonyl (C=O) groups is 1. The van der Waals surface area contributed by atoms with Crippen LogP contribution >= 0.6 is 28.3 Å². The fourth-order valence-corrected chi connectivity index (χ4v) is 3.50. The molecule has 124 valence electrons. The third-order valence-corrected chi connectivity index (χ3v) is 4.90. The molecule has 2 N–H and O–H groups in total. The van der Waals surface area contributed by atoms with E-state index in [-0.39, 0.29) is 24.4 Å². The molecule has 1 heterocycles. The molecule has 1 amide bonds. The van der Waals surface area contributed by atoms with Crippen LogP contribution in [0.15, 0.2) is 28.7 Å². The zero-order valence-corrected chi connectivity index (χ0v) is 15.4. The lowest BCUT2D eigenvalue weighted by molar-refractivity contribution is -0.136. The van der Waals surface area contributed by atoms with Gasteiger partial charge in [0, 0.05) is 11.6 Å². The Balaban J connectivity index is 0.00000242. The Morgan fingerprint density at radius 3 is 2.64 bits per heavy atom. The van der Waals surface area contributed by atoms with E-state index in [1.54, 1.807) is 7.11 Å². The average molecular weight is 392 g/mol. The third kappa shape index (κ3) is 4.44. The van der Waals surface area contributed by atoms with E-state index in [0.29, 0.717) is 6.61 Å². The highest BCUT2D eigenvalue weighted by atomic mass is 79.9. The van der Waals surface area contributed by atoms with Crippen molar-refractivity contribution < 1.29 is 9.53 Å². The van der Waals surface area contributed by atoms with E-state index in [0.717, 1.165) is 36.0 Å². The van der Waals surface area contributed by atoms with Gasteiger partial charge in [-0.3, -0.25) is 4.79 Å². The molecule has 0 aliphatic carbocycles. The van der Waals surface area contributed by atoms with Crippen LogP contribution in [0.3, 0.4) is 0 Å². The molecule has 1 aromatic rings. The molecule has 22 heavy (non-hydrogen) atoms. The summed E-state index contributed by atoms with van der Waals surface area (Å²) in [6.45, 7) is 4.21. The molecule has 6 heteroatoms. The van der Waals surface area contributed by atoms with E-state index in [2.05, 4.69) is 26.6 Å². The molecule has 1 unspecified atom stereocenters. The molecule has 0 spiro atoms. The Kier molecular flexibility index (Phi) is 7.83. The maximum Gasteiger partial charge on any atom is 0.229 e. The Bertz CT molecular complexity index is 487. The van der Waals surface area contributed by atoms with Gasteiger partial charge in [-0.05, 0) is 44.5 Å². The average Bonchev–Trinajstić information content (AvgIpc) is 2.48. The minimum absolute atomic E-state index is 0. The van der Waals surface area contributed by atoms with Crippen molar-refractivity contribution in [2.45, 2.75) is 25.8 Å². The van der Waals surface area contributed by atoms with Gasteiger partial charge in [-0.15, -0.1) is 12.4 Å². The number of amides is 1. The summed E-state index contributed by atoms with van der Waals surface area (Å²) in [5.74, 6) is 0.0918. The molecule has 1 aliphatic rings. The molecule has 0 saturated carbocycles. The summed E-state index contributed by atoms with van der Waals surface area (Å²) in [7, 11) is 1.66. The number of hydrogen-bond acceptors (Lipinski definition) is 3. The van der Waals surface area contributed by atoms with Gasteiger partial charge in [0.25, 0.3) is 0 Å². The molecule has 0 aromatic heterocycles. The van der Waals surface area contributed by atoms with Gasteiger partial charge in [-0.2, -0.15) is 0 Å². The Morgan fingerprint density at radius 1 is 1.41 bits per heavy atom. The summed E-state index contributed by atoms with van der Waals surface area (Å²) in [5.41, 5.74) is 0.683. The van der Waals surface area contributed by atoms with Gasteiger partial charge in [-0.25, -0.2) is 0 Å². The molecule has 1 fully saturated rings. The number of halogens is 2. The predicted molar refractivity (Wildman–Crippen MR) is 94.4 cm³/mol. The van der Waals surface area contributed by atoms with Gasteiger partial charge < -0.3 is 15.4 Å². The second-order valence-corrected chi connectivity index (χ2v) is 6.53. The summed E-state index contributed by atoms with van der Waals surface area (Å²) in [6.07, 6.45) is 1.63. The lowest BCUT2D eigenvalue weighted by Crippen LogP contribution is -2.50. The van der Waals surface area contributed by atoms with Crippen molar-refractivity contribution >= 4 is 34.2 Å². The molecule has 0 radical (unpaired) electrons. The molecule has 2 rings (SSSR count). The number of ether oxygens (including phenoxy) is 1. The first-order chi connectivity index (χ1) is 10.1. The van der Waals surface area contributed by atoms with E-state index in [1.165, 1.54) is 0 Å². The van der Waals surface area contributed by atoms with Crippen LogP contribution in [0.2, 0.25) is 0 Å². The van der Waals surface area contributed by atoms with Crippen molar-refractivity contribution in [3.8, 4) is 0 Å². The van der Waals surface area contributed by atoms with Crippen LogP contribution in [-0.4, -0.2) is 32.7 Å². The van der Waals surface area contributed by atoms with Gasteiger partial charge in [0.2, 0.25) is 5.91 Å². The van der Waals surface area contributed by atoms with E-state index in [1.807, 2.05) is 31.2 Å². The second-order valence-electron chi connectivity index (χ2n) is 5.68. The SMILES string of the molecule is COCC1(C(=O)NC(C)c2ccccc2Br)CCNCC1.Cl. The fraction of sp³-hybridized carbons (Fsp3) is 0.562. The molecule has 1 aromatic carbocycles. The van der Waals surface area contributed by atoms with Crippen LogP contribution in [0, 0.1) is 5.41 Å². The lowest BCUT2D eigenvalue weighted by Gasteiger charge is -2.36. The van der Waals surface area contributed by atoms with Crippen LogP contribution in [0.25, 0.3) is 0 Å². The topological polar surface area (TPSA) is 50.4 Å². The minimum atomic E-state index is -0.407. The Labute approximate surface area is 146 Å². The van der Waals surface area contributed by atoms with Crippen LogP contribution < -0.4 is 10.6 Å². The smallest absolute Gasteiger partial charge is 0.229 e. The summed E-state index contributed by atoms with van der Waals surface area (Å²) < 4.78 is 6.34. The first-order valence-electron chi connectivity index (χ1n) is 7.34.